The van der Waals surface area contributed by atoms with E-state index >= 15 is 0 Å². The van der Waals surface area contributed by atoms with E-state index in [1.54, 1.807) is 23.2 Å². The van der Waals surface area contributed by atoms with Crippen molar-refractivity contribution in [3.63, 3.8) is 0 Å². The van der Waals surface area contributed by atoms with Gasteiger partial charge in [0.1, 0.15) is 5.82 Å². The molecule has 17 heavy (non-hydrogen) atoms. The highest BCUT2D eigenvalue weighted by atomic mass is 19.1. The number of aryl methyl sites for hydroxylation is 2. The van der Waals surface area contributed by atoms with Gasteiger partial charge in [-0.05, 0) is 30.2 Å². The molecule has 1 N–H and O–H groups in total. The van der Waals surface area contributed by atoms with E-state index in [0.29, 0.717) is 6.42 Å². The molecule has 2 aromatic rings. The van der Waals surface area contributed by atoms with Gasteiger partial charge in [0, 0.05) is 13.5 Å². The minimum Gasteiger partial charge on any atom is -0.386 e. The van der Waals surface area contributed by atoms with Crippen LogP contribution in [0.5, 0.6) is 0 Å². The predicted molar refractivity (Wildman–Crippen MR) is 63.0 cm³/mol. The van der Waals surface area contributed by atoms with Gasteiger partial charge in [0.25, 0.3) is 0 Å². The maximum atomic E-state index is 13.1. The molecule has 0 amide bonds. The second-order valence-corrected chi connectivity index (χ2v) is 4.22. The summed E-state index contributed by atoms with van der Waals surface area (Å²) >= 11 is 0. The zero-order chi connectivity index (χ0) is 12.4. The van der Waals surface area contributed by atoms with E-state index in [1.807, 2.05) is 14.0 Å². The second kappa shape index (κ2) is 4.67. The van der Waals surface area contributed by atoms with Gasteiger partial charge >= 0.3 is 0 Å². The highest BCUT2D eigenvalue weighted by molar-refractivity contribution is 5.28. The molecule has 0 spiro atoms. The Morgan fingerprint density at radius 1 is 1.47 bits per heavy atom. The molecule has 3 nitrogen and oxygen atoms in total. The van der Waals surface area contributed by atoms with Crippen LogP contribution in [0, 0.1) is 12.7 Å². The van der Waals surface area contributed by atoms with E-state index in [0.717, 1.165) is 16.8 Å². The van der Waals surface area contributed by atoms with Crippen LogP contribution in [-0.2, 0) is 13.5 Å². The molecule has 4 heteroatoms. The van der Waals surface area contributed by atoms with E-state index < -0.39 is 6.10 Å². The molecule has 1 aromatic heterocycles. The van der Waals surface area contributed by atoms with Crippen molar-refractivity contribution in [2.45, 2.75) is 19.4 Å². The van der Waals surface area contributed by atoms with E-state index in [-0.39, 0.29) is 5.82 Å². The Bertz CT molecular complexity index is 522. The average Bonchev–Trinajstić information content (AvgIpc) is 2.70. The van der Waals surface area contributed by atoms with Crippen LogP contribution >= 0.6 is 0 Å². The van der Waals surface area contributed by atoms with Crippen LogP contribution < -0.4 is 0 Å². The Morgan fingerprint density at radius 3 is 2.88 bits per heavy atom. The summed E-state index contributed by atoms with van der Waals surface area (Å²) in [6.07, 6.45) is 2.99. The fourth-order valence-corrected chi connectivity index (χ4v) is 1.86. The van der Waals surface area contributed by atoms with E-state index in [4.69, 9.17) is 0 Å². The lowest BCUT2D eigenvalue weighted by molar-refractivity contribution is 0.170. The second-order valence-electron chi connectivity index (χ2n) is 4.22. The van der Waals surface area contributed by atoms with Crippen molar-refractivity contribution in [2.24, 2.45) is 7.05 Å². The fraction of sp³-hybridized carbons (Fsp3) is 0.308. The first kappa shape index (κ1) is 11.8. The summed E-state index contributed by atoms with van der Waals surface area (Å²) in [5, 5.41) is 10.1. The van der Waals surface area contributed by atoms with Crippen LogP contribution in [0.15, 0.2) is 30.7 Å². The van der Waals surface area contributed by atoms with E-state index in [1.165, 1.54) is 12.1 Å². The van der Waals surface area contributed by atoms with Gasteiger partial charge in [0.05, 0.1) is 24.3 Å². The zero-order valence-corrected chi connectivity index (χ0v) is 9.89. The molecule has 90 valence electrons. The third-order valence-electron chi connectivity index (χ3n) is 2.92. The molecule has 0 fully saturated rings. The molecule has 1 aromatic carbocycles. The monoisotopic (exact) mass is 234 g/mol. The number of halogens is 1. The molecule has 2 rings (SSSR count). The quantitative estimate of drug-likeness (QED) is 0.883. The number of benzene rings is 1. The molecular weight excluding hydrogens is 219 g/mol. The summed E-state index contributed by atoms with van der Waals surface area (Å²) in [5.74, 6) is -0.275. The largest absolute Gasteiger partial charge is 0.386 e. The fourth-order valence-electron chi connectivity index (χ4n) is 1.86. The molecule has 1 atom stereocenters. The number of hydrogen-bond acceptors (Lipinski definition) is 2. The predicted octanol–water partition coefficient (Wildman–Crippen LogP) is 2.14. The molecule has 1 heterocycles. The molecule has 0 aliphatic heterocycles. The smallest absolute Gasteiger partial charge is 0.123 e. The maximum Gasteiger partial charge on any atom is 0.123 e. The van der Waals surface area contributed by atoms with Crippen molar-refractivity contribution in [1.82, 2.24) is 9.55 Å². The van der Waals surface area contributed by atoms with Crippen LogP contribution in [0.4, 0.5) is 4.39 Å². The van der Waals surface area contributed by atoms with Crippen molar-refractivity contribution >= 4 is 0 Å². The third-order valence-corrected chi connectivity index (χ3v) is 2.92. The van der Waals surface area contributed by atoms with Crippen LogP contribution in [-0.4, -0.2) is 14.7 Å². The highest BCUT2D eigenvalue weighted by Crippen LogP contribution is 2.20. The summed E-state index contributed by atoms with van der Waals surface area (Å²) in [4.78, 5) is 3.95. The lowest BCUT2D eigenvalue weighted by Gasteiger charge is -2.13. The van der Waals surface area contributed by atoms with Gasteiger partial charge in [-0.1, -0.05) is 6.07 Å². The van der Waals surface area contributed by atoms with E-state index in [9.17, 15) is 9.50 Å². The van der Waals surface area contributed by atoms with Crippen LogP contribution in [0.1, 0.15) is 22.9 Å². The Kier molecular flexibility index (Phi) is 3.24. The number of aromatic nitrogens is 2. The zero-order valence-electron chi connectivity index (χ0n) is 9.89. The molecule has 0 saturated carbocycles. The molecule has 0 bridgehead atoms. The van der Waals surface area contributed by atoms with Crippen molar-refractivity contribution in [1.29, 1.82) is 0 Å². The SMILES string of the molecule is Cc1ccc(F)cc1CC(O)c1cncn1C. The van der Waals surface area contributed by atoms with Crippen LogP contribution in [0.3, 0.4) is 0 Å². The number of aliphatic hydroxyl groups excluding tert-OH is 1. The van der Waals surface area contributed by atoms with Gasteiger partial charge in [0.2, 0.25) is 0 Å². The van der Waals surface area contributed by atoms with Gasteiger partial charge in [-0.2, -0.15) is 0 Å². The minimum absolute atomic E-state index is 0.275. The van der Waals surface area contributed by atoms with Crippen molar-refractivity contribution in [2.75, 3.05) is 0 Å². The Labute approximate surface area is 99.5 Å². The van der Waals surface area contributed by atoms with Crippen LogP contribution in [0.2, 0.25) is 0 Å². The van der Waals surface area contributed by atoms with Gasteiger partial charge < -0.3 is 9.67 Å². The summed E-state index contributed by atoms with van der Waals surface area (Å²) in [6.45, 7) is 1.91. The number of hydrogen-bond donors (Lipinski definition) is 1. The summed E-state index contributed by atoms with van der Waals surface area (Å²) < 4.78 is 14.9. The maximum absolute atomic E-state index is 13.1. The molecule has 0 aliphatic carbocycles. The first-order valence-corrected chi connectivity index (χ1v) is 5.47. The van der Waals surface area contributed by atoms with E-state index in [2.05, 4.69) is 4.98 Å². The first-order chi connectivity index (χ1) is 8.08. The number of aliphatic hydroxyl groups is 1. The summed E-state index contributed by atoms with van der Waals surface area (Å²) in [7, 11) is 1.82. The molecule has 0 saturated heterocycles. The van der Waals surface area contributed by atoms with Gasteiger partial charge in [-0.15, -0.1) is 0 Å². The lowest BCUT2D eigenvalue weighted by Crippen LogP contribution is -2.07. The molecular formula is C13H15FN2O. The first-order valence-electron chi connectivity index (χ1n) is 5.47. The number of rotatable bonds is 3. The minimum atomic E-state index is -0.664. The van der Waals surface area contributed by atoms with Crippen molar-refractivity contribution in [3.8, 4) is 0 Å². The Morgan fingerprint density at radius 2 is 2.24 bits per heavy atom. The number of imidazole rings is 1. The van der Waals surface area contributed by atoms with Gasteiger partial charge in [0.15, 0.2) is 0 Å². The normalized spacial score (nSPS) is 12.7. The van der Waals surface area contributed by atoms with Crippen LogP contribution in [0.25, 0.3) is 0 Å². The molecule has 1 unspecified atom stereocenters. The van der Waals surface area contributed by atoms with Gasteiger partial charge in [-0.3, -0.25) is 0 Å². The molecule has 0 aliphatic rings. The Hall–Kier alpha value is -1.68. The number of nitrogens with zero attached hydrogens (tertiary/aromatic N) is 2. The topological polar surface area (TPSA) is 38.1 Å². The Balaban J connectivity index is 2.21. The van der Waals surface area contributed by atoms with Crippen molar-refractivity contribution < 1.29 is 9.50 Å². The lowest BCUT2D eigenvalue weighted by atomic mass is 10.0. The standard InChI is InChI=1S/C13H15FN2O/c1-9-3-4-11(14)5-10(9)6-13(17)12-7-15-8-16(12)2/h3-5,7-8,13,17H,6H2,1-2H3. The summed E-state index contributed by atoms with van der Waals surface area (Å²) in [6, 6.07) is 4.62. The summed E-state index contributed by atoms with van der Waals surface area (Å²) in [5.41, 5.74) is 2.53. The average molecular weight is 234 g/mol. The highest BCUT2D eigenvalue weighted by Gasteiger charge is 2.13. The van der Waals surface area contributed by atoms with Gasteiger partial charge in [-0.25, -0.2) is 9.37 Å². The van der Waals surface area contributed by atoms with Crippen molar-refractivity contribution in [3.05, 3.63) is 53.4 Å². The third kappa shape index (κ3) is 2.53. The molecule has 0 radical (unpaired) electrons.